The Morgan fingerprint density at radius 3 is 1.35 bits per heavy atom. The number of anilines is 2. The van der Waals surface area contributed by atoms with E-state index in [0.717, 1.165) is 18.9 Å². The highest BCUT2D eigenvalue weighted by Crippen LogP contribution is 2.43. The van der Waals surface area contributed by atoms with Crippen molar-refractivity contribution in [3.8, 4) is 46.0 Å². The molecule has 0 atom stereocenters. The highest BCUT2D eigenvalue weighted by atomic mass is 35.5. The van der Waals surface area contributed by atoms with E-state index in [2.05, 4.69) is 43.7 Å². The summed E-state index contributed by atoms with van der Waals surface area (Å²) in [6.07, 6.45) is -18.4. The van der Waals surface area contributed by atoms with Gasteiger partial charge in [0.05, 0.1) is 71.4 Å². The van der Waals surface area contributed by atoms with Crippen LogP contribution in [0, 0.1) is 25.5 Å². The van der Waals surface area contributed by atoms with E-state index in [0.29, 0.717) is 54.2 Å². The van der Waals surface area contributed by atoms with Gasteiger partial charge in [-0.25, -0.2) is 28.3 Å². The Labute approximate surface area is 448 Å². The van der Waals surface area contributed by atoms with Gasteiger partial charge in [0, 0.05) is 12.1 Å². The van der Waals surface area contributed by atoms with Crippen molar-refractivity contribution in [2.45, 2.75) is 38.9 Å². The third-order valence-corrected chi connectivity index (χ3v) is 9.69. The lowest BCUT2D eigenvalue weighted by molar-refractivity contribution is -0.275. The van der Waals surface area contributed by atoms with Gasteiger partial charge in [-0.15, -0.1) is 26.3 Å². The second-order valence-corrected chi connectivity index (χ2v) is 15.2. The maximum absolute atomic E-state index is 15.2. The summed E-state index contributed by atoms with van der Waals surface area (Å²) in [5.41, 5.74) is 0.656. The molecule has 0 fully saturated rings. The normalized spacial score (nSPS) is 12.8. The Hall–Kier alpha value is -8.83. The number of rotatable bonds is 13. The van der Waals surface area contributed by atoms with Crippen LogP contribution in [0.25, 0.3) is 0 Å². The first-order chi connectivity index (χ1) is 38.9. The number of amides is 1. The van der Waals surface area contributed by atoms with Crippen LogP contribution in [-0.2, 0) is 21.8 Å². The number of nitrogens with one attached hydrogen (secondary N) is 1. The molecule has 0 aliphatic rings. The quantitative estimate of drug-likeness (QED) is 0.0627. The molecule has 0 unspecified atom stereocenters. The Bertz CT molecular complexity index is 3460. The minimum atomic E-state index is -5.27. The molecule has 2 aromatic heterocycles. The number of nitrogen functional groups attached to an aromatic ring is 1. The zero-order valence-corrected chi connectivity index (χ0v) is 40.4. The summed E-state index contributed by atoms with van der Waals surface area (Å²) in [7, 11) is -4.07. The maximum Gasteiger partial charge on any atom is 0.573 e. The van der Waals surface area contributed by atoms with Crippen molar-refractivity contribution in [2.24, 2.45) is 0 Å². The fourth-order valence-electron chi connectivity index (χ4n) is 5.93. The molecule has 2 heterocycles. The summed E-state index contributed by atoms with van der Waals surface area (Å²) in [5, 5.41) is 0.451. The SMILES string of the molecule is COC(=O)c1cc(C)c(N)cn1.[2H]C([2H])([2H])Oc1cc(OC(F)(F)F)ccc1Oc1ccc(C(F)(F)F)c(F)c1C(=O)Cl.[2H]C([2H])([2H])Oc1cc(OC(F)(F)F)ccc1Oc1ccc(C(F)(F)F)c(F)c1C(=O)Nc1cnc(C(=O)OC)cc1C. The number of esters is 2. The summed E-state index contributed by atoms with van der Waals surface area (Å²) in [5.74, 6) is -13.8. The Morgan fingerprint density at radius 2 is 0.975 bits per heavy atom. The summed E-state index contributed by atoms with van der Waals surface area (Å²) >= 11 is 5.15. The zero-order valence-electron chi connectivity index (χ0n) is 45.6. The maximum atomic E-state index is 15.2. The first kappa shape index (κ1) is 53.6. The lowest BCUT2D eigenvalue weighted by Crippen LogP contribution is -2.19. The van der Waals surface area contributed by atoms with Crippen molar-refractivity contribution in [3.63, 3.8) is 0 Å². The number of aryl methyl sites for hydroxylation is 2. The molecule has 79 heavy (non-hydrogen) atoms. The van der Waals surface area contributed by atoms with E-state index in [1.54, 1.807) is 6.07 Å². The standard InChI is InChI=1S/C24H17F7N2O6.C16H8ClF7O4.C8H10N2O2/c1-11-8-14(22(35)37-3)32-10-15(11)33-21(34)19-17(7-5-13(20(19)25)23(26,27)28)38-16-6-4-12(9-18(16)36-2)39-24(29,30)31;1-26-11-6-7(28-16(22,23)24)2-4-9(11)27-10-5-3-8(15(19,20)21)13(18)12(10)14(17)25;1-5-3-7(8(11)12-2)10-4-6(5)9/h4-10H,1-3H3,(H,33,34);2-6H,1H3;3-4H,9H2,1-2H3/i2D3;1D3;. The average Bonchev–Trinajstić information content (AvgIpc) is 2.81. The topological polar surface area (TPSA) is 206 Å². The number of nitrogens with zero attached hydrogens (tertiary/aromatic N) is 2. The number of benzene rings is 4. The Kier molecular flexibility index (Phi) is 17.3. The number of alkyl halides is 12. The molecule has 1 amide bonds. The number of ether oxygens (including phenoxy) is 8. The monoisotopic (exact) mass is 1170 g/mol. The molecule has 4 aromatic carbocycles. The van der Waals surface area contributed by atoms with Crippen molar-refractivity contribution in [3.05, 3.63) is 142 Å². The molecule has 6 rings (SSSR count). The first-order valence-electron chi connectivity index (χ1n) is 23.6. The van der Waals surface area contributed by atoms with Gasteiger partial charge in [0.15, 0.2) is 34.6 Å². The van der Waals surface area contributed by atoms with Gasteiger partial charge in [0.1, 0.15) is 45.5 Å². The van der Waals surface area contributed by atoms with Gasteiger partial charge < -0.3 is 48.9 Å². The number of aromatic nitrogens is 2. The number of halogens is 15. The van der Waals surface area contributed by atoms with E-state index in [-0.39, 0.29) is 34.8 Å². The third-order valence-electron chi connectivity index (χ3n) is 9.50. The molecule has 16 nitrogen and oxygen atoms in total. The zero-order chi connectivity index (χ0) is 64.5. The highest BCUT2D eigenvalue weighted by molar-refractivity contribution is 6.68. The summed E-state index contributed by atoms with van der Waals surface area (Å²) < 4.78 is 262. The van der Waals surface area contributed by atoms with Gasteiger partial charge in [-0.2, -0.15) is 26.3 Å². The summed E-state index contributed by atoms with van der Waals surface area (Å²) in [4.78, 5) is 54.8. The molecule has 0 saturated carbocycles. The van der Waals surface area contributed by atoms with Crippen molar-refractivity contribution in [1.29, 1.82) is 0 Å². The second kappa shape index (κ2) is 25.5. The molecule has 0 bridgehead atoms. The molecule has 424 valence electrons. The minimum Gasteiger partial charge on any atom is -0.493 e. The van der Waals surface area contributed by atoms with E-state index < -0.39 is 142 Å². The molecule has 0 spiro atoms. The van der Waals surface area contributed by atoms with Crippen LogP contribution in [0.15, 0.2) is 85.2 Å². The van der Waals surface area contributed by atoms with Crippen LogP contribution in [0.5, 0.6) is 46.0 Å². The van der Waals surface area contributed by atoms with Gasteiger partial charge >= 0.3 is 37.0 Å². The lowest BCUT2D eigenvalue weighted by atomic mass is 10.1. The average molecular weight is 1170 g/mol. The fourth-order valence-corrected chi connectivity index (χ4v) is 6.10. The van der Waals surface area contributed by atoms with Gasteiger partial charge in [0.25, 0.3) is 11.1 Å². The molecule has 6 aromatic rings. The largest absolute Gasteiger partial charge is 0.573 e. The van der Waals surface area contributed by atoms with Crippen molar-refractivity contribution in [2.75, 3.05) is 39.3 Å². The van der Waals surface area contributed by atoms with E-state index in [4.69, 9.17) is 35.0 Å². The Balaban J connectivity index is 0.000000313. The van der Waals surface area contributed by atoms with E-state index >= 15 is 4.39 Å². The van der Waals surface area contributed by atoms with Gasteiger partial charge in [0.2, 0.25) is 0 Å². The van der Waals surface area contributed by atoms with E-state index in [1.165, 1.54) is 26.3 Å². The molecule has 3 N–H and O–H groups in total. The first-order valence-corrected chi connectivity index (χ1v) is 21.0. The number of methoxy groups -OCH3 is 4. The summed E-state index contributed by atoms with van der Waals surface area (Å²) in [6, 6.07) is 7.86. The third kappa shape index (κ3) is 17.1. The van der Waals surface area contributed by atoms with Gasteiger partial charge in [-0.05, 0) is 97.2 Å². The number of hydrogen-bond acceptors (Lipinski definition) is 15. The second-order valence-electron chi connectivity index (χ2n) is 14.8. The van der Waals surface area contributed by atoms with Crippen LogP contribution < -0.4 is 39.5 Å². The molecule has 0 aliphatic carbocycles. The number of carbonyl (C=O) groups is 4. The van der Waals surface area contributed by atoms with Crippen LogP contribution in [0.2, 0.25) is 0 Å². The molecule has 31 heteroatoms. The molecular formula is C48H35ClF14N4O12. The van der Waals surface area contributed by atoms with Crippen molar-refractivity contribution in [1.82, 2.24) is 9.97 Å². The van der Waals surface area contributed by atoms with Crippen molar-refractivity contribution >= 4 is 46.1 Å². The van der Waals surface area contributed by atoms with E-state index in [9.17, 15) is 76.3 Å². The van der Waals surface area contributed by atoms with Crippen LogP contribution in [0.3, 0.4) is 0 Å². The van der Waals surface area contributed by atoms with Crippen molar-refractivity contribution < 1.29 is 127 Å². The van der Waals surface area contributed by atoms with Crippen LogP contribution in [0.4, 0.5) is 72.8 Å². The highest BCUT2D eigenvalue weighted by Gasteiger charge is 2.39. The van der Waals surface area contributed by atoms with Crippen LogP contribution >= 0.6 is 11.6 Å². The smallest absolute Gasteiger partial charge is 0.493 e. The number of carbonyl (C=O) groups excluding carboxylic acids is 4. The van der Waals surface area contributed by atoms with E-state index in [1.807, 2.05) is 6.92 Å². The number of pyridine rings is 2. The minimum absolute atomic E-state index is 0.157. The van der Waals surface area contributed by atoms with Crippen LogP contribution in [-0.4, -0.2) is 74.1 Å². The van der Waals surface area contributed by atoms with Gasteiger partial charge in [-0.3, -0.25) is 9.59 Å². The molecule has 0 aliphatic heterocycles. The lowest BCUT2D eigenvalue weighted by Gasteiger charge is -2.18. The predicted octanol–water partition coefficient (Wildman–Crippen LogP) is 13.0. The molecule has 0 saturated heterocycles. The molecular weight excluding hydrogens is 1130 g/mol. The molecule has 0 radical (unpaired) electrons. The number of nitrogens with two attached hydrogens (primary N) is 1. The summed E-state index contributed by atoms with van der Waals surface area (Å²) in [6.45, 7) is 3.19. The predicted molar refractivity (Wildman–Crippen MR) is 245 cm³/mol. The van der Waals surface area contributed by atoms with Gasteiger partial charge in [-0.1, -0.05) is 0 Å². The van der Waals surface area contributed by atoms with Crippen LogP contribution in [0.1, 0.15) is 72.2 Å². The fraction of sp³-hybridized carbons (Fsp3) is 0.208. The number of hydrogen-bond donors (Lipinski definition) is 2. The Morgan fingerprint density at radius 1 is 0.570 bits per heavy atom.